The molecule has 3 saturated heterocycles. The van der Waals surface area contributed by atoms with Crippen molar-refractivity contribution in [2.45, 2.75) is 55.6 Å². The number of methoxy groups -OCH3 is 1. The zero-order chi connectivity index (χ0) is 39.2. The van der Waals surface area contributed by atoms with Crippen molar-refractivity contribution in [2.75, 3.05) is 16.9 Å². The van der Waals surface area contributed by atoms with Crippen molar-refractivity contribution in [1.29, 1.82) is 0 Å². The van der Waals surface area contributed by atoms with E-state index in [9.17, 15) is 0 Å². The molecule has 0 aliphatic carbocycles. The Balaban J connectivity index is 1.30. The zero-order valence-corrected chi connectivity index (χ0v) is 31.7. The van der Waals surface area contributed by atoms with Gasteiger partial charge >= 0.3 is 11.9 Å². The number of para-hydroxylation sites is 2. The van der Waals surface area contributed by atoms with E-state index < -0.39 is 65.1 Å². The molecule has 1 spiro atoms. The summed E-state index contributed by atoms with van der Waals surface area (Å²) >= 11 is 0. The molecule has 0 bridgehead atoms. The monoisotopic (exact) mass is 756 g/mol. The molecule has 5 aromatic carbocycles. The number of ether oxygens (including phenoxy) is 3. The molecule has 5 aliphatic rings. The first kappa shape index (κ1) is 35.0. The molecule has 0 N–H and O–H groups in total. The lowest BCUT2D eigenvalue weighted by Gasteiger charge is -2.50. The number of benzene rings is 5. The number of anilines is 2. The number of fused-ring (bicyclic) bond motifs is 11. The normalized spacial score (nSPS) is 27.0. The van der Waals surface area contributed by atoms with E-state index in [0.717, 1.165) is 16.8 Å². The largest absolute Gasteiger partial charge is 0.497 e. The second-order valence-electron chi connectivity index (χ2n) is 16.0. The number of ketones is 2. The lowest BCUT2D eigenvalue weighted by atomic mass is 9.60. The summed E-state index contributed by atoms with van der Waals surface area (Å²) < 4.78 is 17.9. The second kappa shape index (κ2) is 12.8. The fourth-order valence-electron chi connectivity index (χ4n) is 10.7. The summed E-state index contributed by atoms with van der Waals surface area (Å²) in [6.07, 6.45) is 4.15. The molecule has 9 heteroatoms. The molecule has 0 aromatic heterocycles. The summed E-state index contributed by atoms with van der Waals surface area (Å²) in [5.41, 5.74) is 2.91. The minimum Gasteiger partial charge on any atom is -0.497 e. The zero-order valence-electron chi connectivity index (χ0n) is 31.7. The maximum Gasteiger partial charge on any atom is 0.329 e. The number of nitrogens with zero attached hydrogens (tertiary/aromatic N) is 2. The third-order valence-electron chi connectivity index (χ3n) is 12.8. The Morgan fingerprint density at radius 2 is 1.21 bits per heavy atom. The first-order valence-electron chi connectivity index (χ1n) is 19.4. The maximum absolute atomic E-state index is 15.4. The van der Waals surface area contributed by atoms with E-state index in [-0.39, 0.29) is 11.6 Å². The highest BCUT2D eigenvalue weighted by Crippen LogP contribution is 2.67. The van der Waals surface area contributed by atoms with Gasteiger partial charge < -0.3 is 24.0 Å². The van der Waals surface area contributed by atoms with Crippen molar-refractivity contribution < 1.29 is 33.4 Å². The van der Waals surface area contributed by atoms with Crippen LogP contribution in [0.15, 0.2) is 140 Å². The standard InChI is InChI=1S/C48H40N2O7/c1-47(2)56-45(53)48(46(54)57-47)39(29-22-25-32(55-3)26-23-29)41(43(52)31-17-8-5-9-18-31)50-35-21-13-11-19-33(35)37-38(44(48)50)36-27-24-28-14-10-12-20-34(28)49(36)40(37)42(51)30-15-6-4-7-16-30/h4-27,36-41,44H,1-3H3/t36-,37+,38+,39+,40-,41+,44+/m0/s1. The van der Waals surface area contributed by atoms with Crippen LogP contribution in [-0.2, 0) is 19.1 Å². The number of carbonyl (C=O) groups excluding carboxylic acids is 4. The molecule has 3 fully saturated rings. The molecule has 5 aromatic rings. The summed E-state index contributed by atoms with van der Waals surface area (Å²) in [7, 11) is 1.57. The maximum atomic E-state index is 15.4. The molecule has 5 aliphatic heterocycles. The Bertz CT molecular complexity index is 2460. The number of rotatable bonds is 6. The summed E-state index contributed by atoms with van der Waals surface area (Å²) in [5, 5.41) is 0. The van der Waals surface area contributed by atoms with Gasteiger partial charge in [-0.3, -0.25) is 19.2 Å². The smallest absolute Gasteiger partial charge is 0.329 e. The molecule has 0 unspecified atom stereocenters. The summed E-state index contributed by atoms with van der Waals surface area (Å²) in [6, 6.07) is 38.0. The van der Waals surface area contributed by atoms with Crippen LogP contribution in [-0.4, -0.2) is 60.6 Å². The lowest BCUT2D eigenvalue weighted by Crippen LogP contribution is -2.64. The van der Waals surface area contributed by atoms with E-state index in [1.165, 1.54) is 0 Å². The molecule has 0 amide bonds. The van der Waals surface area contributed by atoms with Gasteiger partial charge in [0.2, 0.25) is 0 Å². The highest BCUT2D eigenvalue weighted by molar-refractivity contribution is 6.12. The van der Waals surface area contributed by atoms with Crippen molar-refractivity contribution in [3.8, 4) is 5.75 Å². The number of hydrogen-bond donors (Lipinski definition) is 0. The van der Waals surface area contributed by atoms with Gasteiger partial charge in [0.25, 0.3) is 5.79 Å². The highest BCUT2D eigenvalue weighted by Gasteiger charge is 2.79. The van der Waals surface area contributed by atoms with Crippen LogP contribution in [0, 0.1) is 11.3 Å². The number of hydrogen-bond acceptors (Lipinski definition) is 9. The first-order valence-corrected chi connectivity index (χ1v) is 19.4. The van der Waals surface area contributed by atoms with E-state index in [2.05, 4.69) is 17.1 Å². The third kappa shape index (κ3) is 4.94. The molecular weight excluding hydrogens is 717 g/mol. The Labute approximate surface area is 330 Å². The first-order chi connectivity index (χ1) is 27.7. The molecule has 57 heavy (non-hydrogen) atoms. The van der Waals surface area contributed by atoms with Crippen molar-refractivity contribution in [1.82, 2.24) is 0 Å². The fourth-order valence-corrected chi connectivity index (χ4v) is 10.7. The summed E-state index contributed by atoms with van der Waals surface area (Å²) in [4.78, 5) is 65.7. The van der Waals surface area contributed by atoms with Crippen LogP contribution in [0.1, 0.15) is 63.1 Å². The van der Waals surface area contributed by atoms with Gasteiger partial charge in [-0.15, -0.1) is 0 Å². The van der Waals surface area contributed by atoms with E-state index in [1.807, 2.05) is 114 Å². The number of esters is 2. The van der Waals surface area contributed by atoms with Crippen LogP contribution in [0.4, 0.5) is 11.4 Å². The SMILES string of the molecule is COc1ccc([C@@H]2[C@H](C(=O)c3ccccc3)N3c4ccccc4[C@@H]4[C@@H]([C@@H]5C=Cc6ccccc6N5[C@@H]4C(=O)c4ccccc4)[C@@H]3C23C(=O)OC(C)(C)OC3=O)cc1. The molecule has 5 heterocycles. The van der Waals surface area contributed by atoms with Gasteiger partial charge in [0.05, 0.1) is 19.2 Å². The van der Waals surface area contributed by atoms with Crippen LogP contribution in [0.25, 0.3) is 6.08 Å². The van der Waals surface area contributed by atoms with E-state index in [0.29, 0.717) is 28.1 Å². The van der Waals surface area contributed by atoms with Crippen molar-refractivity contribution in [3.63, 3.8) is 0 Å². The molecule has 0 saturated carbocycles. The van der Waals surface area contributed by atoms with Crippen LogP contribution < -0.4 is 14.5 Å². The van der Waals surface area contributed by atoms with Gasteiger partial charge in [-0.05, 0) is 41.0 Å². The van der Waals surface area contributed by atoms with Crippen LogP contribution in [0.3, 0.4) is 0 Å². The van der Waals surface area contributed by atoms with Crippen molar-refractivity contribution >= 4 is 41.0 Å². The molecular formula is C48H40N2O7. The lowest BCUT2D eigenvalue weighted by molar-refractivity contribution is -0.253. The molecule has 0 radical (unpaired) electrons. The topological polar surface area (TPSA) is 102 Å². The fraction of sp³-hybridized carbons (Fsp3) is 0.250. The van der Waals surface area contributed by atoms with Crippen LogP contribution in [0.2, 0.25) is 0 Å². The quantitative estimate of drug-likeness (QED) is 0.0984. The predicted molar refractivity (Wildman–Crippen MR) is 214 cm³/mol. The van der Waals surface area contributed by atoms with Gasteiger partial charge in [-0.25, -0.2) is 0 Å². The summed E-state index contributed by atoms with van der Waals surface area (Å²) in [6.45, 7) is 3.09. The Kier molecular flexibility index (Phi) is 7.84. The Morgan fingerprint density at radius 3 is 1.84 bits per heavy atom. The number of carbonyl (C=O) groups is 4. The second-order valence-corrected chi connectivity index (χ2v) is 16.0. The number of Topliss-reactive ketones (excluding diaryl/α,β-unsaturated/α-hetero) is 2. The van der Waals surface area contributed by atoms with Gasteiger partial charge in [0.15, 0.2) is 17.0 Å². The summed E-state index contributed by atoms with van der Waals surface area (Å²) in [5.74, 6) is -5.00. The van der Waals surface area contributed by atoms with Crippen molar-refractivity contribution in [2.24, 2.45) is 11.3 Å². The van der Waals surface area contributed by atoms with E-state index in [4.69, 9.17) is 14.2 Å². The van der Waals surface area contributed by atoms with Gasteiger partial charge in [-0.1, -0.05) is 121 Å². The Hall–Kier alpha value is -6.48. The van der Waals surface area contributed by atoms with Crippen LogP contribution in [0.5, 0.6) is 5.75 Å². The minimum absolute atomic E-state index is 0.0768. The highest BCUT2D eigenvalue weighted by atomic mass is 16.7. The average Bonchev–Trinajstić information content (AvgIpc) is 3.75. The molecule has 10 rings (SSSR count). The minimum atomic E-state index is -2.04. The third-order valence-corrected chi connectivity index (χ3v) is 12.8. The van der Waals surface area contributed by atoms with Gasteiger partial charge in [-0.2, -0.15) is 0 Å². The molecule has 7 atom stereocenters. The van der Waals surface area contributed by atoms with E-state index >= 15 is 19.2 Å². The molecule has 9 nitrogen and oxygen atoms in total. The predicted octanol–water partition coefficient (Wildman–Crippen LogP) is 7.62. The van der Waals surface area contributed by atoms with E-state index in [1.54, 1.807) is 45.2 Å². The average molecular weight is 757 g/mol. The molecule has 284 valence electrons. The number of cyclic esters (lactones) is 2. The van der Waals surface area contributed by atoms with Gasteiger partial charge in [0.1, 0.15) is 17.8 Å². The van der Waals surface area contributed by atoms with Crippen LogP contribution >= 0.6 is 0 Å². The van der Waals surface area contributed by atoms with Crippen molar-refractivity contribution in [3.05, 3.63) is 167 Å². The van der Waals surface area contributed by atoms with Gasteiger partial charge in [0, 0.05) is 54.1 Å². The Morgan fingerprint density at radius 1 is 0.649 bits per heavy atom.